The molecule has 4 nitrogen and oxygen atoms in total. The molecule has 0 heterocycles. The molecule has 0 aliphatic carbocycles. The van der Waals surface area contributed by atoms with Crippen molar-refractivity contribution in [2.24, 2.45) is 0 Å². The Morgan fingerprint density at radius 1 is 1.50 bits per heavy atom. The van der Waals surface area contributed by atoms with E-state index < -0.39 is 4.92 Å². The first-order valence-electron chi connectivity index (χ1n) is 3.94. The summed E-state index contributed by atoms with van der Waals surface area (Å²) < 4.78 is 0. The fourth-order valence-electron chi connectivity index (χ4n) is 0.866. The van der Waals surface area contributed by atoms with Crippen molar-refractivity contribution < 1.29 is 4.92 Å². The lowest BCUT2D eigenvalue weighted by Gasteiger charge is -1.99. The zero-order valence-electron chi connectivity index (χ0n) is 7.64. The van der Waals surface area contributed by atoms with Gasteiger partial charge in [0.2, 0.25) is 0 Å². The lowest BCUT2D eigenvalue weighted by Crippen LogP contribution is -1.98. The molecule has 0 amide bonds. The van der Waals surface area contributed by atoms with Crippen molar-refractivity contribution in [3.63, 3.8) is 0 Å². The summed E-state index contributed by atoms with van der Waals surface area (Å²) >= 11 is 1.10. The Bertz CT molecular complexity index is 338. The number of rotatable bonds is 4. The fourth-order valence-corrected chi connectivity index (χ4v) is 1.19. The minimum atomic E-state index is -0.416. The Morgan fingerprint density at radius 2 is 2.14 bits per heavy atom. The number of nitro groups is 1. The van der Waals surface area contributed by atoms with Crippen LogP contribution in [0.3, 0.4) is 0 Å². The highest BCUT2D eigenvalue weighted by molar-refractivity contribution is 8.02. The fraction of sp³-hybridized carbons (Fsp3) is 0.111. The van der Waals surface area contributed by atoms with Gasteiger partial charge in [-0.1, -0.05) is 30.0 Å². The molecule has 1 aromatic rings. The molecule has 0 aromatic heterocycles. The van der Waals surface area contributed by atoms with Gasteiger partial charge in [-0.2, -0.15) is 0 Å². The van der Waals surface area contributed by atoms with Gasteiger partial charge in [0.1, 0.15) is 0 Å². The normalized spacial score (nSPS) is 11.1. The molecular weight excluding hydrogens is 200 g/mol. The van der Waals surface area contributed by atoms with Crippen LogP contribution in [0.4, 0.5) is 5.69 Å². The SMILES string of the molecule is CSC(=CNc1ccccc1)[N+](=O)[O-]. The highest BCUT2D eigenvalue weighted by Gasteiger charge is 2.06. The lowest BCUT2D eigenvalue weighted by molar-refractivity contribution is -0.410. The first kappa shape index (κ1) is 10.6. The summed E-state index contributed by atoms with van der Waals surface area (Å²) in [7, 11) is 0. The van der Waals surface area contributed by atoms with Crippen LogP contribution in [0.5, 0.6) is 0 Å². The second-order valence-corrected chi connectivity index (χ2v) is 3.28. The van der Waals surface area contributed by atoms with Crippen LogP contribution in [0.1, 0.15) is 0 Å². The molecule has 0 spiro atoms. The monoisotopic (exact) mass is 210 g/mol. The molecule has 0 atom stereocenters. The summed E-state index contributed by atoms with van der Waals surface area (Å²) in [6, 6.07) is 9.29. The number of hydrogen-bond acceptors (Lipinski definition) is 4. The molecule has 14 heavy (non-hydrogen) atoms. The van der Waals surface area contributed by atoms with E-state index >= 15 is 0 Å². The molecule has 0 radical (unpaired) electrons. The average molecular weight is 210 g/mol. The smallest absolute Gasteiger partial charge is 0.318 e. The van der Waals surface area contributed by atoms with Crippen LogP contribution in [0.15, 0.2) is 41.6 Å². The van der Waals surface area contributed by atoms with Gasteiger partial charge >= 0.3 is 5.03 Å². The predicted molar refractivity (Wildman–Crippen MR) is 58.7 cm³/mol. The van der Waals surface area contributed by atoms with Crippen LogP contribution in [0, 0.1) is 10.1 Å². The summed E-state index contributed by atoms with van der Waals surface area (Å²) in [5.41, 5.74) is 0.834. The Labute approximate surface area is 86.2 Å². The molecule has 5 heteroatoms. The van der Waals surface area contributed by atoms with E-state index in [1.54, 1.807) is 6.26 Å². The first-order chi connectivity index (χ1) is 6.74. The number of anilines is 1. The van der Waals surface area contributed by atoms with Gasteiger partial charge in [-0.25, -0.2) is 0 Å². The molecule has 0 unspecified atom stereocenters. The van der Waals surface area contributed by atoms with E-state index in [1.807, 2.05) is 30.3 Å². The first-order valence-corrected chi connectivity index (χ1v) is 5.16. The number of hydrogen-bond donors (Lipinski definition) is 1. The van der Waals surface area contributed by atoms with Crippen LogP contribution < -0.4 is 5.32 Å². The van der Waals surface area contributed by atoms with Crippen molar-refractivity contribution in [1.29, 1.82) is 0 Å². The summed E-state index contributed by atoms with van der Waals surface area (Å²) in [6.45, 7) is 0. The van der Waals surface area contributed by atoms with Crippen molar-refractivity contribution in [3.8, 4) is 0 Å². The van der Waals surface area contributed by atoms with Crippen molar-refractivity contribution in [3.05, 3.63) is 51.7 Å². The highest BCUT2D eigenvalue weighted by atomic mass is 32.2. The van der Waals surface area contributed by atoms with Crippen molar-refractivity contribution in [2.45, 2.75) is 0 Å². The van der Waals surface area contributed by atoms with E-state index in [4.69, 9.17) is 0 Å². The quantitative estimate of drug-likeness (QED) is 0.613. The molecule has 74 valence electrons. The van der Waals surface area contributed by atoms with Gasteiger partial charge < -0.3 is 5.32 Å². The van der Waals surface area contributed by atoms with Gasteiger partial charge in [-0.15, -0.1) is 0 Å². The third-order valence-corrected chi connectivity index (χ3v) is 2.21. The topological polar surface area (TPSA) is 55.2 Å². The maximum Gasteiger partial charge on any atom is 0.318 e. The number of benzene rings is 1. The number of nitrogens with zero attached hydrogens (tertiary/aromatic N) is 1. The summed E-state index contributed by atoms with van der Waals surface area (Å²) in [6.07, 6.45) is 3.06. The maximum atomic E-state index is 10.4. The number of nitrogens with one attached hydrogen (secondary N) is 1. The van der Waals surface area contributed by atoms with Crippen LogP contribution in [0.25, 0.3) is 0 Å². The second kappa shape index (κ2) is 5.29. The molecule has 0 saturated carbocycles. The molecule has 0 aliphatic heterocycles. The van der Waals surface area contributed by atoms with Crippen molar-refractivity contribution in [2.75, 3.05) is 11.6 Å². The molecule has 1 N–H and O–H groups in total. The van der Waals surface area contributed by atoms with Gasteiger partial charge in [0, 0.05) is 5.69 Å². The van der Waals surface area contributed by atoms with E-state index in [1.165, 1.54) is 6.20 Å². The van der Waals surface area contributed by atoms with Crippen LogP contribution in [-0.4, -0.2) is 11.2 Å². The molecular formula is C9H10N2O2S. The summed E-state index contributed by atoms with van der Waals surface area (Å²) in [5.74, 6) is 0. The van der Waals surface area contributed by atoms with Gasteiger partial charge in [-0.05, 0) is 18.4 Å². The Morgan fingerprint density at radius 3 is 2.64 bits per heavy atom. The van der Waals surface area contributed by atoms with Gasteiger partial charge in [0.25, 0.3) is 0 Å². The molecule has 0 bridgehead atoms. The molecule has 1 aromatic carbocycles. The Balaban J connectivity index is 2.66. The standard InChI is InChI=1S/C9H10N2O2S/c1-14-9(11(12)13)7-10-8-5-3-2-4-6-8/h2-7,10H,1H3. The summed E-state index contributed by atoms with van der Waals surface area (Å²) in [5, 5.41) is 13.4. The van der Waals surface area contributed by atoms with Crippen molar-refractivity contribution in [1.82, 2.24) is 0 Å². The summed E-state index contributed by atoms with van der Waals surface area (Å²) in [4.78, 5) is 10.0. The van der Waals surface area contributed by atoms with E-state index in [0.717, 1.165) is 17.4 Å². The molecule has 1 rings (SSSR count). The van der Waals surface area contributed by atoms with Crippen LogP contribution >= 0.6 is 11.8 Å². The second-order valence-electron chi connectivity index (χ2n) is 2.45. The maximum absolute atomic E-state index is 10.4. The zero-order chi connectivity index (χ0) is 10.4. The van der Waals surface area contributed by atoms with Crippen LogP contribution in [-0.2, 0) is 0 Å². The van der Waals surface area contributed by atoms with E-state index in [9.17, 15) is 10.1 Å². The minimum absolute atomic E-state index is 0.0915. The van der Waals surface area contributed by atoms with Gasteiger partial charge in [0.05, 0.1) is 11.1 Å². The average Bonchev–Trinajstić information content (AvgIpc) is 2.20. The van der Waals surface area contributed by atoms with Gasteiger partial charge in [-0.3, -0.25) is 10.1 Å². The predicted octanol–water partition coefficient (Wildman–Crippen LogP) is 2.54. The lowest BCUT2D eigenvalue weighted by atomic mass is 10.3. The largest absolute Gasteiger partial charge is 0.355 e. The number of thioether (sulfide) groups is 1. The molecule has 0 aliphatic rings. The number of para-hydroxylation sites is 1. The Hall–Kier alpha value is -1.49. The van der Waals surface area contributed by atoms with E-state index in [0.29, 0.717) is 0 Å². The van der Waals surface area contributed by atoms with Crippen molar-refractivity contribution >= 4 is 17.4 Å². The molecule has 0 saturated heterocycles. The third-order valence-electron chi connectivity index (χ3n) is 1.53. The molecule has 0 fully saturated rings. The van der Waals surface area contributed by atoms with E-state index in [2.05, 4.69) is 5.32 Å². The minimum Gasteiger partial charge on any atom is -0.355 e. The highest BCUT2D eigenvalue weighted by Crippen LogP contribution is 2.13. The van der Waals surface area contributed by atoms with Gasteiger partial charge in [0.15, 0.2) is 0 Å². The third kappa shape index (κ3) is 3.10. The zero-order valence-corrected chi connectivity index (χ0v) is 8.45. The van der Waals surface area contributed by atoms with E-state index in [-0.39, 0.29) is 5.03 Å². The Kier molecular flexibility index (Phi) is 4.00. The van der Waals surface area contributed by atoms with Crippen LogP contribution in [0.2, 0.25) is 0 Å².